The van der Waals surface area contributed by atoms with E-state index in [0.29, 0.717) is 31.5 Å². The molecule has 1 aliphatic rings. The molecular formula is C22H32F2N2O5. The first-order valence-corrected chi connectivity index (χ1v) is 10.4. The van der Waals surface area contributed by atoms with Crippen molar-refractivity contribution < 1.29 is 32.6 Å². The van der Waals surface area contributed by atoms with Gasteiger partial charge >= 0.3 is 12.2 Å². The van der Waals surface area contributed by atoms with Crippen LogP contribution in [0.4, 0.5) is 18.4 Å². The number of piperidine rings is 1. The molecule has 0 aliphatic carbocycles. The van der Waals surface area contributed by atoms with Crippen LogP contribution >= 0.6 is 0 Å². The molecule has 0 spiro atoms. The molecule has 0 saturated carbocycles. The molecule has 2 atom stereocenters. The Morgan fingerprint density at radius 2 is 2.00 bits per heavy atom. The van der Waals surface area contributed by atoms with Crippen molar-refractivity contribution in [3.63, 3.8) is 0 Å². The van der Waals surface area contributed by atoms with Gasteiger partial charge in [0.2, 0.25) is 0 Å². The average molecular weight is 443 g/mol. The van der Waals surface area contributed by atoms with Crippen molar-refractivity contribution in [3.05, 3.63) is 34.9 Å². The van der Waals surface area contributed by atoms with Gasteiger partial charge in [0.25, 0.3) is 0 Å². The highest BCUT2D eigenvalue weighted by Gasteiger charge is 2.35. The number of aryl methyl sites for hydroxylation is 1. The maximum Gasteiger partial charge on any atom is 0.410 e. The molecule has 1 aromatic carbocycles. The topological polar surface area (TPSA) is 77.1 Å². The van der Waals surface area contributed by atoms with Crippen molar-refractivity contribution in [2.45, 2.75) is 52.2 Å². The maximum atomic E-state index is 14.8. The van der Waals surface area contributed by atoms with Gasteiger partial charge in [-0.25, -0.2) is 18.4 Å². The summed E-state index contributed by atoms with van der Waals surface area (Å²) < 4.78 is 44.8. The first-order chi connectivity index (χ1) is 14.5. The van der Waals surface area contributed by atoms with Gasteiger partial charge in [-0.05, 0) is 52.2 Å². The Hall–Kier alpha value is -2.42. The number of carbonyl (C=O) groups excluding carboxylic acids is 2. The van der Waals surface area contributed by atoms with Crippen molar-refractivity contribution in [1.82, 2.24) is 10.2 Å². The second-order valence-electron chi connectivity index (χ2n) is 8.63. The number of benzene rings is 1. The summed E-state index contributed by atoms with van der Waals surface area (Å²) in [5.74, 6) is -2.18. The highest BCUT2D eigenvalue weighted by atomic mass is 19.2. The van der Waals surface area contributed by atoms with E-state index in [1.54, 1.807) is 32.6 Å². The lowest BCUT2D eigenvalue weighted by Gasteiger charge is -2.38. The molecule has 1 N–H and O–H groups in total. The Labute approximate surface area is 182 Å². The number of nitrogens with one attached hydrogen (secondary N) is 1. The zero-order chi connectivity index (χ0) is 23.2. The summed E-state index contributed by atoms with van der Waals surface area (Å²) in [4.78, 5) is 25.4. The summed E-state index contributed by atoms with van der Waals surface area (Å²) >= 11 is 0. The number of rotatable bonds is 6. The lowest BCUT2D eigenvalue weighted by Crippen LogP contribution is -2.44. The molecule has 7 nitrogen and oxygen atoms in total. The molecule has 1 saturated heterocycles. The first kappa shape index (κ1) is 24.8. The predicted molar refractivity (Wildman–Crippen MR) is 111 cm³/mol. The number of alkyl carbamates (subject to hydrolysis) is 1. The zero-order valence-corrected chi connectivity index (χ0v) is 18.8. The van der Waals surface area contributed by atoms with E-state index in [-0.39, 0.29) is 24.6 Å². The number of likely N-dealkylation sites (tertiary alicyclic amines) is 1. The molecule has 31 heavy (non-hydrogen) atoms. The van der Waals surface area contributed by atoms with E-state index in [1.807, 2.05) is 0 Å². The number of hydrogen-bond acceptors (Lipinski definition) is 5. The van der Waals surface area contributed by atoms with E-state index in [0.717, 1.165) is 6.07 Å². The SMILES string of the molecule is COC(=O)NCCOC(c1c(C)ccc(F)c1F)C1CCCN(C(=O)OC(C)(C)C)C1. The minimum Gasteiger partial charge on any atom is -0.453 e. The summed E-state index contributed by atoms with van der Waals surface area (Å²) in [6.45, 7) is 8.08. The van der Waals surface area contributed by atoms with Gasteiger partial charge in [0.15, 0.2) is 11.6 Å². The molecule has 1 fully saturated rings. The van der Waals surface area contributed by atoms with E-state index in [1.165, 1.54) is 13.2 Å². The highest BCUT2D eigenvalue weighted by molar-refractivity contribution is 5.68. The fourth-order valence-electron chi connectivity index (χ4n) is 3.63. The van der Waals surface area contributed by atoms with E-state index in [9.17, 15) is 18.4 Å². The third kappa shape index (κ3) is 7.05. The van der Waals surface area contributed by atoms with Crippen LogP contribution < -0.4 is 5.32 Å². The number of nitrogens with zero attached hydrogens (tertiary/aromatic N) is 1. The van der Waals surface area contributed by atoms with E-state index in [4.69, 9.17) is 9.47 Å². The lowest BCUT2D eigenvalue weighted by atomic mass is 9.86. The number of halogens is 2. The monoisotopic (exact) mass is 442 g/mol. The fraction of sp³-hybridized carbons (Fsp3) is 0.636. The van der Waals surface area contributed by atoms with E-state index in [2.05, 4.69) is 10.1 Å². The van der Waals surface area contributed by atoms with Gasteiger partial charge in [-0.2, -0.15) is 0 Å². The Morgan fingerprint density at radius 3 is 2.65 bits per heavy atom. The molecule has 9 heteroatoms. The van der Waals surface area contributed by atoms with Crippen LogP contribution in [0.3, 0.4) is 0 Å². The summed E-state index contributed by atoms with van der Waals surface area (Å²) in [5, 5.41) is 2.50. The minimum absolute atomic E-state index is 0.0676. The van der Waals surface area contributed by atoms with Crippen molar-refractivity contribution in [1.29, 1.82) is 0 Å². The van der Waals surface area contributed by atoms with E-state index < -0.39 is 35.5 Å². The Bertz CT molecular complexity index is 782. The third-order valence-electron chi connectivity index (χ3n) is 5.03. The Morgan fingerprint density at radius 1 is 1.29 bits per heavy atom. The molecule has 1 heterocycles. The number of carbonyl (C=O) groups is 2. The van der Waals surface area contributed by atoms with Gasteiger partial charge in [0.05, 0.1) is 19.8 Å². The van der Waals surface area contributed by atoms with Crippen molar-refractivity contribution in [2.75, 3.05) is 33.4 Å². The molecule has 0 bridgehead atoms. The molecule has 2 unspecified atom stereocenters. The quantitative estimate of drug-likeness (QED) is 0.664. The standard InChI is InChI=1S/C22H32F2N2O5/c1-14-8-9-16(23)18(24)17(14)19(30-12-10-25-20(27)29-5)15-7-6-11-26(13-15)21(28)31-22(2,3)4/h8-9,15,19H,6-7,10-13H2,1-5H3,(H,25,27). The molecule has 0 radical (unpaired) electrons. The van der Waals surface area contributed by atoms with Crippen LogP contribution in [0.5, 0.6) is 0 Å². The van der Waals surface area contributed by atoms with Crippen LogP contribution in [0.1, 0.15) is 50.8 Å². The van der Waals surface area contributed by atoms with Crippen LogP contribution in [-0.4, -0.2) is 56.0 Å². The van der Waals surface area contributed by atoms with E-state index >= 15 is 0 Å². The van der Waals surface area contributed by atoms with Crippen LogP contribution in [0.25, 0.3) is 0 Å². The normalized spacial score (nSPS) is 17.8. The average Bonchev–Trinajstić information content (AvgIpc) is 2.71. The maximum absolute atomic E-state index is 14.8. The van der Waals surface area contributed by atoms with Gasteiger partial charge in [-0.1, -0.05) is 6.07 Å². The van der Waals surface area contributed by atoms with Gasteiger partial charge in [-0.3, -0.25) is 0 Å². The fourth-order valence-corrected chi connectivity index (χ4v) is 3.63. The largest absolute Gasteiger partial charge is 0.453 e. The van der Waals surface area contributed by atoms with Gasteiger partial charge in [0, 0.05) is 31.1 Å². The van der Waals surface area contributed by atoms with Gasteiger partial charge in [-0.15, -0.1) is 0 Å². The molecule has 2 amide bonds. The first-order valence-electron chi connectivity index (χ1n) is 10.4. The molecular weight excluding hydrogens is 410 g/mol. The third-order valence-corrected chi connectivity index (χ3v) is 5.03. The summed E-state index contributed by atoms with van der Waals surface area (Å²) in [6, 6.07) is 2.59. The summed E-state index contributed by atoms with van der Waals surface area (Å²) in [7, 11) is 1.25. The van der Waals surface area contributed by atoms with Crippen LogP contribution in [0, 0.1) is 24.5 Å². The van der Waals surface area contributed by atoms with Gasteiger partial charge < -0.3 is 24.4 Å². The molecule has 1 aliphatic heterocycles. The molecule has 174 valence electrons. The Kier molecular flexibility index (Phi) is 8.61. The van der Waals surface area contributed by atoms with Crippen LogP contribution in [0.2, 0.25) is 0 Å². The smallest absolute Gasteiger partial charge is 0.410 e. The number of ether oxygens (including phenoxy) is 3. The van der Waals surface area contributed by atoms with Crippen molar-refractivity contribution in [2.24, 2.45) is 5.92 Å². The highest BCUT2D eigenvalue weighted by Crippen LogP contribution is 2.36. The van der Waals surface area contributed by atoms with Crippen molar-refractivity contribution >= 4 is 12.2 Å². The van der Waals surface area contributed by atoms with Crippen molar-refractivity contribution in [3.8, 4) is 0 Å². The van der Waals surface area contributed by atoms with Crippen LogP contribution in [0.15, 0.2) is 12.1 Å². The number of amides is 2. The summed E-state index contributed by atoms with van der Waals surface area (Å²) in [5.41, 5.74) is 0.0541. The minimum atomic E-state index is -0.958. The second-order valence-corrected chi connectivity index (χ2v) is 8.63. The lowest BCUT2D eigenvalue weighted by molar-refractivity contribution is -0.0263. The molecule has 1 aromatic rings. The van der Waals surface area contributed by atoms with Crippen LogP contribution in [-0.2, 0) is 14.2 Å². The second kappa shape index (κ2) is 10.7. The Balaban J connectivity index is 2.22. The predicted octanol–water partition coefficient (Wildman–Crippen LogP) is 4.33. The molecule has 0 aromatic heterocycles. The van der Waals surface area contributed by atoms with Gasteiger partial charge in [0.1, 0.15) is 5.60 Å². The summed E-state index contributed by atoms with van der Waals surface area (Å²) in [6.07, 6.45) is -0.494. The number of methoxy groups -OCH3 is 1. The zero-order valence-electron chi connectivity index (χ0n) is 18.8. The molecule has 2 rings (SSSR count). The number of hydrogen-bond donors (Lipinski definition) is 1.